The predicted octanol–water partition coefficient (Wildman–Crippen LogP) is 5.33. The van der Waals surface area contributed by atoms with Gasteiger partial charge in [-0.2, -0.15) is 8.78 Å². The molecule has 43 heavy (non-hydrogen) atoms. The molecule has 2 fully saturated rings. The Morgan fingerprint density at radius 2 is 1.84 bits per heavy atom. The third kappa shape index (κ3) is 4.50. The van der Waals surface area contributed by atoms with Gasteiger partial charge in [0.15, 0.2) is 11.6 Å². The van der Waals surface area contributed by atoms with E-state index in [0.29, 0.717) is 53.6 Å². The minimum atomic E-state index is -3.02. The molecule has 1 aliphatic heterocycles. The smallest absolute Gasteiger partial charge is 0.288 e. The third-order valence-electron chi connectivity index (χ3n) is 8.65. The van der Waals surface area contributed by atoms with Crippen LogP contribution < -0.4 is 14.5 Å². The van der Waals surface area contributed by atoms with Gasteiger partial charge in [-0.3, -0.25) is 4.79 Å². The van der Waals surface area contributed by atoms with Gasteiger partial charge in [0.05, 0.1) is 19.0 Å². The minimum Gasteiger partial charge on any atom is -0.480 e. The van der Waals surface area contributed by atoms with Crippen LogP contribution in [0.2, 0.25) is 0 Å². The van der Waals surface area contributed by atoms with E-state index in [2.05, 4.69) is 24.8 Å². The molecule has 3 aliphatic rings. The number of anilines is 2. The van der Waals surface area contributed by atoms with E-state index in [1.165, 1.54) is 12.5 Å². The highest BCUT2D eigenvalue weighted by atomic mass is 19.3. The van der Waals surface area contributed by atoms with Gasteiger partial charge < -0.3 is 19.1 Å². The van der Waals surface area contributed by atoms with E-state index in [1.54, 1.807) is 29.8 Å². The van der Waals surface area contributed by atoms with Crippen LogP contribution in [0.4, 0.5) is 20.3 Å². The first-order chi connectivity index (χ1) is 20.6. The van der Waals surface area contributed by atoms with Crippen molar-refractivity contribution in [3.05, 3.63) is 59.9 Å². The molecule has 222 valence electrons. The van der Waals surface area contributed by atoms with Gasteiger partial charge in [0.2, 0.25) is 5.88 Å². The summed E-state index contributed by atoms with van der Waals surface area (Å²) in [5, 5.41) is 0. The van der Waals surface area contributed by atoms with Gasteiger partial charge in [-0.25, -0.2) is 24.9 Å². The number of aromatic nitrogens is 6. The van der Waals surface area contributed by atoms with E-state index in [1.807, 2.05) is 31.2 Å². The summed E-state index contributed by atoms with van der Waals surface area (Å²) >= 11 is 0. The summed E-state index contributed by atoms with van der Waals surface area (Å²) in [4.78, 5) is 40.2. The summed E-state index contributed by atoms with van der Waals surface area (Å²) in [6.07, 6.45) is 8.14. The molecule has 3 aromatic heterocycles. The fourth-order valence-corrected chi connectivity index (χ4v) is 5.94. The summed E-state index contributed by atoms with van der Waals surface area (Å²) in [5.74, 6) is -0.634. The Labute approximate surface area is 247 Å². The summed E-state index contributed by atoms with van der Waals surface area (Å²) in [5.41, 5.74) is 2.96. The van der Waals surface area contributed by atoms with Crippen molar-refractivity contribution in [2.24, 2.45) is 0 Å². The minimum absolute atomic E-state index is 0.0188. The second kappa shape index (κ2) is 9.78. The van der Waals surface area contributed by atoms with Crippen LogP contribution in [0.3, 0.4) is 0 Å². The molecule has 4 heterocycles. The van der Waals surface area contributed by atoms with E-state index in [4.69, 9.17) is 9.72 Å². The van der Waals surface area contributed by atoms with Gasteiger partial charge in [0.25, 0.3) is 11.8 Å². The Morgan fingerprint density at radius 1 is 1.09 bits per heavy atom. The lowest BCUT2D eigenvalue weighted by Crippen LogP contribution is -2.54. The van der Waals surface area contributed by atoms with Crippen molar-refractivity contribution in [2.45, 2.75) is 70.0 Å². The predicted molar refractivity (Wildman–Crippen MR) is 156 cm³/mol. The van der Waals surface area contributed by atoms with E-state index in [9.17, 15) is 13.6 Å². The zero-order chi connectivity index (χ0) is 30.1. The number of ether oxygens (including phenoxy) is 1. The Hall–Kier alpha value is -4.48. The van der Waals surface area contributed by atoms with Crippen molar-refractivity contribution in [1.82, 2.24) is 29.5 Å². The number of fused-ring (bicyclic) bond motifs is 1. The van der Waals surface area contributed by atoms with Crippen LogP contribution in [0.25, 0.3) is 22.8 Å². The Kier molecular flexibility index (Phi) is 6.22. The van der Waals surface area contributed by atoms with Crippen LogP contribution >= 0.6 is 0 Å². The Bertz CT molecular complexity index is 1720. The molecule has 10 nitrogen and oxygen atoms in total. The topological polar surface area (TPSA) is 102 Å². The molecule has 2 saturated carbocycles. The number of likely N-dealkylation sites (N-methyl/N-ethyl adjacent to an activating group) is 1. The van der Waals surface area contributed by atoms with Crippen molar-refractivity contribution < 1.29 is 18.3 Å². The molecular weight excluding hydrogens is 554 g/mol. The lowest BCUT2D eigenvalue weighted by molar-refractivity contribution is -0.120. The molecule has 1 amide bonds. The standard InChI is InChI=1S/C31H32F2N8O2/c1-5-40-16-22(30(2,32)33)37-26(40)20-8-6-18(7-9-20)15-41-27-21(39(3)29(42)31(41)12-13-31)14-34-25(38-27)23-24(19-10-11-19)35-17-36-28(23)43-4/h6-9,14,16-17,19H,5,10-13,15H2,1-4H3. The molecule has 12 heteroatoms. The Morgan fingerprint density at radius 3 is 2.47 bits per heavy atom. The van der Waals surface area contributed by atoms with E-state index < -0.39 is 11.5 Å². The fraction of sp³-hybridized carbons (Fsp3) is 0.419. The second-order valence-corrected chi connectivity index (χ2v) is 11.6. The van der Waals surface area contributed by atoms with Crippen LogP contribution in [0, 0.1) is 0 Å². The second-order valence-electron chi connectivity index (χ2n) is 11.6. The summed E-state index contributed by atoms with van der Waals surface area (Å²) < 4.78 is 35.3. The van der Waals surface area contributed by atoms with Crippen LogP contribution in [0.5, 0.6) is 5.88 Å². The number of aryl methyl sites for hydroxylation is 1. The van der Waals surface area contributed by atoms with Crippen molar-refractivity contribution >= 4 is 17.4 Å². The number of hydrogen-bond donors (Lipinski definition) is 0. The normalized spacial score (nSPS) is 17.4. The number of carbonyl (C=O) groups is 1. The summed E-state index contributed by atoms with van der Waals surface area (Å²) in [6, 6.07) is 7.68. The maximum Gasteiger partial charge on any atom is 0.288 e. The molecule has 4 aromatic rings. The average Bonchev–Trinajstić information content (AvgIpc) is 3.95. The van der Waals surface area contributed by atoms with E-state index in [-0.39, 0.29) is 11.6 Å². The number of nitrogens with zero attached hydrogens (tertiary/aromatic N) is 8. The number of methoxy groups -OCH3 is 1. The molecule has 0 bridgehead atoms. The number of amides is 1. The maximum absolute atomic E-state index is 14.0. The van der Waals surface area contributed by atoms with Crippen molar-refractivity contribution in [2.75, 3.05) is 24.0 Å². The van der Waals surface area contributed by atoms with Crippen molar-refractivity contribution in [3.63, 3.8) is 0 Å². The highest BCUT2D eigenvalue weighted by molar-refractivity contribution is 6.09. The van der Waals surface area contributed by atoms with Gasteiger partial charge in [-0.15, -0.1) is 0 Å². The average molecular weight is 587 g/mol. The molecule has 7 rings (SSSR count). The zero-order valence-corrected chi connectivity index (χ0v) is 24.5. The number of benzene rings is 1. The fourth-order valence-electron chi connectivity index (χ4n) is 5.94. The molecular formula is C31H32F2N8O2. The summed E-state index contributed by atoms with van der Waals surface area (Å²) in [7, 11) is 3.34. The highest BCUT2D eigenvalue weighted by Gasteiger charge is 2.59. The van der Waals surface area contributed by atoms with Crippen molar-refractivity contribution in [3.8, 4) is 28.7 Å². The number of halogens is 2. The third-order valence-corrected chi connectivity index (χ3v) is 8.65. The molecule has 0 radical (unpaired) electrons. The largest absolute Gasteiger partial charge is 0.480 e. The van der Waals surface area contributed by atoms with Crippen LogP contribution in [0.15, 0.2) is 43.0 Å². The molecule has 2 aliphatic carbocycles. The number of alkyl halides is 2. The van der Waals surface area contributed by atoms with Gasteiger partial charge in [-0.05, 0) is 38.2 Å². The molecule has 0 saturated heterocycles. The number of rotatable bonds is 8. The molecule has 1 aromatic carbocycles. The lowest BCUT2D eigenvalue weighted by Gasteiger charge is -2.41. The Balaban J connectivity index is 1.26. The molecule has 0 unspecified atom stereocenters. The first-order valence-corrected chi connectivity index (χ1v) is 14.5. The monoisotopic (exact) mass is 586 g/mol. The first-order valence-electron chi connectivity index (χ1n) is 14.5. The van der Waals surface area contributed by atoms with Crippen LogP contribution in [-0.4, -0.2) is 55.1 Å². The van der Waals surface area contributed by atoms with Crippen LogP contribution in [0.1, 0.15) is 62.4 Å². The van der Waals surface area contributed by atoms with Gasteiger partial charge in [-0.1, -0.05) is 24.3 Å². The molecule has 1 spiro atoms. The number of hydrogen-bond acceptors (Lipinski definition) is 8. The quantitative estimate of drug-likeness (QED) is 0.273. The van der Waals surface area contributed by atoms with E-state index in [0.717, 1.165) is 49.4 Å². The van der Waals surface area contributed by atoms with Gasteiger partial charge in [0.1, 0.15) is 34.6 Å². The van der Waals surface area contributed by atoms with Gasteiger partial charge >= 0.3 is 0 Å². The summed E-state index contributed by atoms with van der Waals surface area (Å²) in [6.45, 7) is 3.70. The first kappa shape index (κ1) is 27.4. The van der Waals surface area contributed by atoms with Gasteiger partial charge in [0, 0.05) is 44.7 Å². The highest BCUT2D eigenvalue weighted by Crippen LogP contribution is 2.52. The van der Waals surface area contributed by atoms with Crippen molar-refractivity contribution in [1.29, 1.82) is 0 Å². The van der Waals surface area contributed by atoms with E-state index >= 15 is 0 Å². The molecule has 0 N–H and O–H groups in total. The molecule has 0 atom stereocenters. The number of carbonyl (C=O) groups excluding carboxylic acids is 1. The SMILES string of the molecule is CCn1cc(C(C)(F)F)nc1-c1ccc(CN2c3nc(-c4c(OC)ncnc4C4CC4)ncc3N(C)C(=O)C23CC3)cc1. The lowest BCUT2D eigenvalue weighted by atomic mass is 10.0. The maximum atomic E-state index is 14.0. The zero-order valence-electron chi connectivity index (χ0n) is 24.5. The van der Waals surface area contributed by atoms with Crippen LogP contribution in [-0.2, 0) is 23.8 Å². The number of imidazole rings is 1.